The Hall–Kier alpha value is -1.88. The molecule has 0 aliphatic carbocycles. The normalized spacial score (nSPS) is 16.8. The van der Waals surface area contributed by atoms with E-state index < -0.39 is 19.5 Å². The Labute approximate surface area is 134 Å². The number of aromatic nitrogens is 1. The summed E-state index contributed by atoms with van der Waals surface area (Å²) < 4.78 is 30.7. The molecule has 3 rings (SSSR count). The molecule has 23 heavy (non-hydrogen) atoms. The number of benzene rings is 1. The molecule has 124 valence electrons. The zero-order valence-corrected chi connectivity index (χ0v) is 13.5. The van der Waals surface area contributed by atoms with Gasteiger partial charge < -0.3 is 15.0 Å². The second kappa shape index (κ2) is 6.32. The third-order valence-electron chi connectivity index (χ3n) is 4.34. The molecular weight excluding hydrogens is 298 g/mol. The van der Waals surface area contributed by atoms with E-state index in [0.29, 0.717) is 0 Å². The van der Waals surface area contributed by atoms with Crippen molar-refractivity contribution in [1.29, 1.82) is 0 Å². The molecule has 0 saturated heterocycles. The zero-order valence-electron chi connectivity index (χ0n) is 13.5. The lowest BCUT2D eigenvalue weighted by Gasteiger charge is -2.24. The van der Waals surface area contributed by atoms with E-state index in [4.69, 9.17) is 4.74 Å². The third-order valence-corrected chi connectivity index (χ3v) is 4.34. The van der Waals surface area contributed by atoms with Crippen molar-refractivity contribution < 1.29 is 13.5 Å². The number of aromatic amines is 1. The average molecular weight is 320 g/mol. The van der Waals surface area contributed by atoms with E-state index in [9.17, 15) is 8.78 Å². The second-order valence-electron chi connectivity index (χ2n) is 6.60. The van der Waals surface area contributed by atoms with Gasteiger partial charge in [-0.15, -0.1) is 0 Å². The standard InChI is InChI=1S/C18H22F2N2O/c1-18(2)11-21-9-12(10-23-13(7-19)8-20)17-16(18)14-5-3-4-6-15(14)22-17/h3-6,9,13,21-22H,7-8,10-11H2,1-2H3. The highest BCUT2D eigenvalue weighted by Crippen LogP contribution is 2.38. The van der Waals surface area contributed by atoms with Crippen LogP contribution in [0.2, 0.25) is 0 Å². The lowest BCUT2D eigenvalue weighted by molar-refractivity contribution is 0.0395. The van der Waals surface area contributed by atoms with Gasteiger partial charge in [0.2, 0.25) is 0 Å². The molecule has 1 aromatic heterocycles. The first-order chi connectivity index (χ1) is 11.1. The molecule has 0 unspecified atom stereocenters. The first-order valence-electron chi connectivity index (χ1n) is 7.84. The molecule has 2 heterocycles. The summed E-state index contributed by atoms with van der Waals surface area (Å²) in [5, 5.41) is 4.47. The number of hydrogen-bond donors (Lipinski definition) is 2. The van der Waals surface area contributed by atoms with E-state index in [0.717, 1.165) is 23.3 Å². The van der Waals surface area contributed by atoms with Gasteiger partial charge in [0.25, 0.3) is 0 Å². The maximum atomic E-state index is 12.7. The van der Waals surface area contributed by atoms with Crippen LogP contribution in [0.5, 0.6) is 0 Å². The lowest BCUT2D eigenvalue weighted by Crippen LogP contribution is -2.29. The van der Waals surface area contributed by atoms with E-state index in [1.165, 1.54) is 10.9 Å². The summed E-state index contributed by atoms with van der Waals surface area (Å²) >= 11 is 0. The van der Waals surface area contributed by atoms with Gasteiger partial charge in [0.05, 0.1) is 12.3 Å². The van der Waals surface area contributed by atoms with Crippen LogP contribution in [-0.2, 0) is 10.2 Å². The van der Waals surface area contributed by atoms with Gasteiger partial charge in [0.15, 0.2) is 0 Å². The van der Waals surface area contributed by atoms with Crippen LogP contribution >= 0.6 is 0 Å². The maximum absolute atomic E-state index is 12.7. The Morgan fingerprint density at radius 3 is 2.70 bits per heavy atom. The van der Waals surface area contributed by atoms with Gasteiger partial charge in [-0.25, -0.2) is 8.78 Å². The summed E-state index contributed by atoms with van der Waals surface area (Å²) in [5.74, 6) is 0. The summed E-state index contributed by atoms with van der Waals surface area (Å²) in [5.41, 5.74) is 4.06. The maximum Gasteiger partial charge on any atom is 0.118 e. The number of ether oxygens (including phenoxy) is 1. The molecule has 1 aliphatic heterocycles. The molecule has 3 nitrogen and oxygen atoms in total. The quantitative estimate of drug-likeness (QED) is 0.881. The van der Waals surface area contributed by atoms with Crippen molar-refractivity contribution in [2.45, 2.75) is 25.4 Å². The smallest absolute Gasteiger partial charge is 0.118 e. The van der Waals surface area contributed by atoms with E-state index in [2.05, 4.69) is 30.2 Å². The van der Waals surface area contributed by atoms with Crippen LogP contribution < -0.4 is 5.32 Å². The van der Waals surface area contributed by atoms with Crippen LogP contribution in [0, 0.1) is 0 Å². The first-order valence-corrected chi connectivity index (χ1v) is 7.84. The first kappa shape index (κ1) is 16.0. The molecule has 0 radical (unpaired) electrons. The van der Waals surface area contributed by atoms with E-state index in [1.807, 2.05) is 24.4 Å². The number of alkyl halides is 2. The minimum atomic E-state index is -1.00. The minimum Gasteiger partial charge on any atom is -0.390 e. The predicted octanol–water partition coefficient (Wildman–Crippen LogP) is 3.71. The van der Waals surface area contributed by atoms with Crippen LogP contribution in [0.3, 0.4) is 0 Å². The van der Waals surface area contributed by atoms with Gasteiger partial charge in [0, 0.05) is 34.6 Å². The van der Waals surface area contributed by atoms with Crippen molar-refractivity contribution in [1.82, 2.24) is 10.3 Å². The lowest BCUT2D eigenvalue weighted by atomic mass is 9.82. The molecule has 2 aromatic rings. The van der Waals surface area contributed by atoms with Crippen LogP contribution in [0.4, 0.5) is 8.78 Å². The second-order valence-corrected chi connectivity index (χ2v) is 6.60. The molecule has 0 bridgehead atoms. The third kappa shape index (κ3) is 2.98. The Bertz CT molecular complexity index is 717. The molecule has 1 aromatic carbocycles. The summed E-state index contributed by atoms with van der Waals surface area (Å²) in [6.07, 6.45) is 0.885. The number of para-hydroxylation sites is 1. The fourth-order valence-corrected chi connectivity index (χ4v) is 3.13. The number of halogens is 2. The number of rotatable bonds is 5. The van der Waals surface area contributed by atoms with Crippen LogP contribution in [-0.4, -0.2) is 37.6 Å². The van der Waals surface area contributed by atoms with Crippen molar-refractivity contribution >= 4 is 16.5 Å². The van der Waals surface area contributed by atoms with Gasteiger partial charge in [-0.1, -0.05) is 32.0 Å². The summed E-state index contributed by atoms with van der Waals surface area (Å²) in [7, 11) is 0. The molecule has 0 fully saturated rings. The Kier molecular flexibility index (Phi) is 4.39. The van der Waals surface area contributed by atoms with Crippen molar-refractivity contribution in [3.63, 3.8) is 0 Å². The minimum absolute atomic E-state index is 0.0766. The number of nitrogens with one attached hydrogen (secondary N) is 2. The fourth-order valence-electron chi connectivity index (χ4n) is 3.13. The molecule has 0 spiro atoms. The van der Waals surface area contributed by atoms with Crippen molar-refractivity contribution in [2.75, 3.05) is 26.5 Å². The monoisotopic (exact) mass is 320 g/mol. The largest absolute Gasteiger partial charge is 0.390 e. The average Bonchev–Trinajstić information content (AvgIpc) is 2.88. The highest BCUT2D eigenvalue weighted by molar-refractivity contribution is 5.91. The van der Waals surface area contributed by atoms with Gasteiger partial charge in [-0.3, -0.25) is 0 Å². The summed E-state index contributed by atoms with van der Waals surface area (Å²) in [6, 6.07) is 8.15. The van der Waals surface area contributed by atoms with Crippen LogP contribution in [0.15, 0.2) is 30.5 Å². The zero-order chi connectivity index (χ0) is 16.4. The van der Waals surface area contributed by atoms with Crippen LogP contribution in [0.25, 0.3) is 16.5 Å². The van der Waals surface area contributed by atoms with Crippen molar-refractivity contribution in [3.05, 3.63) is 41.7 Å². The molecule has 1 aliphatic rings. The Morgan fingerprint density at radius 1 is 1.22 bits per heavy atom. The van der Waals surface area contributed by atoms with E-state index >= 15 is 0 Å². The fraction of sp³-hybridized carbons (Fsp3) is 0.444. The Morgan fingerprint density at radius 2 is 1.96 bits per heavy atom. The number of H-pyrrole nitrogens is 1. The molecule has 5 heteroatoms. The molecule has 2 N–H and O–H groups in total. The van der Waals surface area contributed by atoms with Crippen molar-refractivity contribution in [2.24, 2.45) is 0 Å². The van der Waals surface area contributed by atoms with E-state index in [-0.39, 0.29) is 12.0 Å². The molecule has 0 amide bonds. The van der Waals surface area contributed by atoms with Crippen LogP contribution in [0.1, 0.15) is 25.1 Å². The molecule has 0 saturated carbocycles. The topological polar surface area (TPSA) is 37.0 Å². The number of fused-ring (bicyclic) bond motifs is 3. The number of hydrogen-bond acceptors (Lipinski definition) is 2. The van der Waals surface area contributed by atoms with Gasteiger partial charge >= 0.3 is 0 Å². The summed E-state index contributed by atoms with van der Waals surface area (Å²) in [6.45, 7) is 3.68. The predicted molar refractivity (Wildman–Crippen MR) is 89.0 cm³/mol. The highest BCUT2D eigenvalue weighted by atomic mass is 19.1. The highest BCUT2D eigenvalue weighted by Gasteiger charge is 2.30. The van der Waals surface area contributed by atoms with Gasteiger partial charge in [-0.2, -0.15) is 0 Å². The molecule has 0 atom stereocenters. The SMILES string of the molecule is CC1(C)CNC=C(COC(CF)CF)c2[nH]c3ccccc3c21. The van der Waals surface area contributed by atoms with Gasteiger partial charge in [0.1, 0.15) is 19.5 Å². The van der Waals surface area contributed by atoms with E-state index in [1.54, 1.807) is 0 Å². The van der Waals surface area contributed by atoms with Gasteiger partial charge in [-0.05, 0) is 11.6 Å². The Balaban J connectivity index is 2.02. The molecular formula is C18H22F2N2O. The van der Waals surface area contributed by atoms with Crippen molar-refractivity contribution in [3.8, 4) is 0 Å². The summed E-state index contributed by atoms with van der Waals surface area (Å²) in [4.78, 5) is 3.45.